The Morgan fingerprint density at radius 2 is 0.672 bits per heavy atom. The van der Waals surface area contributed by atoms with Gasteiger partial charge < -0.3 is 14.6 Å². The lowest BCUT2D eigenvalue weighted by Crippen LogP contribution is -2.28. The lowest BCUT2D eigenvalue weighted by molar-refractivity contribution is -0.161. The van der Waals surface area contributed by atoms with Crippen LogP contribution >= 0.6 is 0 Å². The van der Waals surface area contributed by atoms with Crippen molar-refractivity contribution in [1.82, 2.24) is 0 Å². The molecular weight excluding hydrogens is 789 g/mol. The number of hydrogen-bond acceptors (Lipinski definition) is 5. The SMILES string of the molecule is CC/C=C\C/C=C\C/C=C\C/C=C\C/C=C\CCCCCCCC(=O)OC(CO)COC(=O)CCCCCCCCCCCCCCCC/C=C\C/C=C\C/C=C\CCCCCCC. The highest BCUT2D eigenvalue weighted by molar-refractivity contribution is 5.70. The topological polar surface area (TPSA) is 72.8 Å². The largest absolute Gasteiger partial charge is 0.462 e. The monoisotopic (exact) mass is 889 g/mol. The molecule has 0 saturated carbocycles. The van der Waals surface area contributed by atoms with Crippen molar-refractivity contribution in [3.63, 3.8) is 0 Å². The van der Waals surface area contributed by atoms with Gasteiger partial charge in [-0.05, 0) is 96.3 Å². The predicted octanol–water partition coefficient (Wildman–Crippen LogP) is 18.0. The third kappa shape index (κ3) is 51.5. The highest BCUT2D eigenvalue weighted by Gasteiger charge is 2.16. The zero-order valence-corrected chi connectivity index (χ0v) is 41.8. The molecule has 1 unspecified atom stereocenters. The Hall–Kier alpha value is -3.18. The summed E-state index contributed by atoms with van der Waals surface area (Å²) in [6.45, 7) is 4.01. The van der Waals surface area contributed by atoms with E-state index in [9.17, 15) is 14.7 Å². The summed E-state index contributed by atoms with van der Waals surface area (Å²) in [6, 6.07) is 0. The van der Waals surface area contributed by atoms with E-state index in [1.807, 2.05) is 0 Å². The van der Waals surface area contributed by atoms with Crippen LogP contribution in [0.5, 0.6) is 0 Å². The Kier molecular flexibility index (Phi) is 51.5. The van der Waals surface area contributed by atoms with Gasteiger partial charge in [0.1, 0.15) is 6.61 Å². The van der Waals surface area contributed by atoms with E-state index < -0.39 is 6.10 Å². The smallest absolute Gasteiger partial charge is 0.306 e. The van der Waals surface area contributed by atoms with Crippen molar-refractivity contribution >= 4 is 11.9 Å². The summed E-state index contributed by atoms with van der Waals surface area (Å²) >= 11 is 0. The molecule has 5 heteroatoms. The van der Waals surface area contributed by atoms with Gasteiger partial charge in [-0.1, -0.05) is 233 Å². The Balaban J connectivity index is 3.54. The van der Waals surface area contributed by atoms with Gasteiger partial charge in [0.05, 0.1) is 6.61 Å². The number of carbonyl (C=O) groups is 2. The summed E-state index contributed by atoms with van der Waals surface area (Å²) in [5.41, 5.74) is 0. The van der Waals surface area contributed by atoms with Crippen LogP contribution in [0.4, 0.5) is 0 Å². The average Bonchev–Trinajstić information content (AvgIpc) is 3.30. The van der Waals surface area contributed by atoms with Crippen molar-refractivity contribution in [3.8, 4) is 0 Å². The molecular formula is C59H100O5. The molecule has 0 amide bonds. The first-order valence-electron chi connectivity index (χ1n) is 26.8. The van der Waals surface area contributed by atoms with Gasteiger partial charge in [0.15, 0.2) is 6.10 Å². The minimum absolute atomic E-state index is 0.0786. The van der Waals surface area contributed by atoms with Gasteiger partial charge >= 0.3 is 11.9 Å². The molecule has 366 valence electrons. The van der Waals surface area contributed by atoms with Crippen LogP contribution in [0.15, 0.2) is 97.2 Å². The Morgan fingerprint density at radius 3 is 1.02 bits per heavy atom. The van der Waals surface area contributed by atoms with E-state index in [1.165, 1.54) is 116 Å². The molecule has 0 spiro atoms. The third-order valence-electron chi connectivity index (χ3n) is 11.4. The zero-order chi connectivity index (χ0) is 46.3. The number of allylic oxidation sites excluding steroid dienone is 16. The van der Waals surface area contributed by atoms with E-state index >= 15 is 0 Å². The van der Waals surface area contributed by atoms with Gasteiger partial charge in [0.25, 0.3) is 0 Å². The third-order valence-corrected chi connectivity index (χ3v) is 11.4. The molecule has 0 saturated heterocycles. The first-order chi connectivity index (χ1) is 31.6. The molecule has 0 aromatic rings. The first-order valence-corrected chi connectivity index (χ1v) is 26.8. The van der Waals surface area contributed by atoms with E-state index in [0.29, 0.717) is 12.8 Å². The molecule has 0 aromatic carbocycles. The normalized spacial score (nSPS) is 13.0. The summed E-state index contributed by atoms with van der Waals surface area (Å²) in [5, 5.41) is 9.63. The van der Waals surface area contributed by atoms with E-state index in [-0.39, 0.29) is 25.2 Å². The number of rotatable bonds is 48. The molecule has 1 atom stereocenters. The molecule has 5 nitrogen and oxygen atoms in total. The summed E-state index contributed by atoms with van der Waals surface area (Å²) < 4.78 is 10.7. The molecule has 0 aromatic heterocycles. The van der Waals surface area contributed by atoms with Gasteiger partial charge in [-0.3, -0.25) is 9.59 Å². The van der Waals surface area contributed by atoms with E-state index in [2.05, 4.69) is 111 Å². The van der Waals surface area contributed by atoms with Crippen LogP contribution < -0.4 is 0 Å². The Morgan fingerprint density at radius 1 is 0.375 bits per heavy atom. The average molecular weight is 889 g/mol. The van der Waals surface area contributed by atoms with Crippen LogP contribution in [0.25, 0.3) is 0 Å². The van der Waals surface area contributed by atoms with E-state index in [4.69, 9.17) is 9.47 Å². The number of carbonyl (C=O) groups excluding carboxylic acids is 2. The molecule has 64 heavy (non-hydrogen) atoms. The van der Waals surface area contributed by atoms with Crippen molar-refractivity contribution < 1.29 is 24.2 Å². The second kappa shape index (κ2) is 54.2. The Bertz CT molecular complexity index is 1230. The summed E-state index contributed by atoms with van der Waals surface area (Å²) in [6.07, 6.45) is 76.5. The molecule has 1 N–H and O–H groups in total. The van der Waals surface area contributed by atoms with Crippen LogP contribution in [0, 0.1) is 0 Å². The van der Waals surface area contributed by atoms with Crippen LogP contribution in [-0.2, 0) is 19.1 Å². The van der Waals surface area contributed by atoms with Gasteiger partial charge in [-0.2, -0.15) is 0 Å². The number of esters is 2. The molecule has 0 aliphatic carbocycles. The van der Waals surface area contributed by atoms with Crippen molar-refractivity contribution in [1.29, 1.82) is 0 Å². The van der Waals surface area contributed by atoms with Gasteiger partial charge in [0.2, 0.25) is 0 Å². The summed E-state index contributed by atoms with van der Waals surface area (Å²) in [7, 11) is 0. The standard InChI is InChI=1S/C59H100O5/c1-3-5-7-9-11-13-15-17-19-21-23-25-26-27-28-29-30-31-32-34-35-37-39-41-43-45-47-49-51-53-58(61)63-56-57(55-60)64-59(62)54-52-50-48-46-44-42-40-38-36-33-24-22-20-18-16-14-12-10-8-6-4-2/h6,8,12,14-15,17-18,20-21,23-24,26-27,33,38,40,57,60H,3-5,7,9-11,13,16,19,22,25,28-32,34-37,39,41-56H2,1-2H3/b8-6-,14-12-,17-15-,20-18-,23-21-,27-26-,33-24-,40-38-. The van der Waals surface area contributed by atoms with Crippen molar-refractivity contribution in [2.75, 3.05) is 13.2 Å². The second-order valence-corrected chi connectivity index (χ2v) is 17.6. The predicted molar refractivity (Wildman–Crippen MR) is 279 cm³/mol. The molecule has 0 bridgehead atoms. The highest BCUT2D eigenvalue weighted by Crippen LogP contribution is 2.15. The molecule has 0 aliphatic heterocycles. The molecule has 0 heterocycles. The van der Waals surface area contributed by atoms with Crippen molar-refractivity contribution in [2.24, 2.45) is 0 Å². The fourth-order valence-corrected chi connectivity index (χ4v) is 7.35. The van der Waals surface area contributed by atoms with Crippen molar-refractivity contribution in [3.05, 3.63) is 97.2 Å². The Labute approximate surface area is 396 Å². The van der Waals surface area contributed by atoms with Gasteiger partial charge in [0, 0.05) is 12.8 Å². The molecule has 0 fully saturated rings. The lowest BCUT2D eigenvalue weighted by atomic mass is 10.0. The zero-order valence-electron chi connectivity index (χ0n) is 41.8. The maximum atomic E-state index is 12.3. The number of hydrogen-bond donors (Lipinski definition) is 1. The lowest BCUT2D eigenvalue weighted by Gasteiger charge is -2.15. The van der Waals surface area contributed by atoms with Crippen LogP contribution in [0.3, 0.4) is 0 Å². The fraction of sp³-hybridized carbons (Fsp3) is 0.695. The van der Waals surface area contributed by atoms with Crippen molar-refractivity contribution in [2.45, 2.75) is 251 Å². The van der Waals surface area contributed by atoms with Gasteiger partial charge in [-0.25, -0.2) is 0 Å². The number of ether oxygens (including phenoxy) is 2. The van der Waals surface area contributed by atoms with Crippen LogP contribution in [-0.4, -0.2) is 36.4 Å². The molecule has 0 radical (unpaired) electrons. The number of aliphatic hydroxyl groups is 1. The maximum Gasteiger partial charge on any atom is 0.306 e. The number of aliphatic hydroxyl groups excluding tert-OH is 1. The van der Waals surface area contributed by atoms with Crippen LogP contribution in [0.2, 0.25) is 0 Å². The number of unbranched alkanes of at least 4 members (excludes halogenated alkanes) is 24. The first kappa shape index (κ1) is 60.8. The highest BCUT2D eigenvalue weighted by atomic mass is 16.6. The minimum Gasteiger partial charge on any atom is -0.462 e. The van der Waals surface area contributed by atoms with E-state index in [1.54, 1.807) is 0 Å². The molecule has 0 aliphatic rings. The summed E-state index contributed by atoms with van der Waals surface area (Å²) in [4.78, 5) is 24.5. The summed E-state index contributed by atoms with van der Waals surface area (Å²) in [5.74, 6) is -0.614. The van der Waals surface area contributed by atoms with Crippen LogP contribution in [0.1, 0.15) is 245 Å². The van der Waals surface area contributed by atoms with Gasteiger partial charge in [-0.15, -0.1) is 0 Å². The minimum atomic E-state index is -0.789. The maximum absolute atomic E-state index is 12.3. The second-order valence-electron chi connectivity index (χ2n) is 17.6. The van der Waals surface area contributed by atoms with E-state index in [0.717, 1.165) is 103 Å². The fourth-order valence-electron chi connectivity index (χ4n) is 7.35. The quantitative estimate of drug-likeness (QED) is 0.0374. The molecule has 0 rings (SSSR count).